The zero-order chi connectivity index (χ0) is 15.2. The van der Waals surface area contributed by atoms with E-state index in [1.165, 1.54) is 7.11 Å². The second-order valence-electron chi connectivity index (χ2n) is 4.79. The van der Waals surface area contributed by atoms with E-state index >= 15 is 0 Å². The van der Waals surface area contributed by atoms with E-state index in [4.69, 9.17) is 0 Å². The number of aromatic nitrogens is 1. The molecule has 2 rings (SSSR count). The third-order valence-electron chi connectivity index (χ3n) is 3.33. The van der Waals surface area contributed by atoms with E-state index in [2.05, 4.69) is 9.72 Å². The summed E-state index contributed by atoms with van der Waals surface area (Å²) >= 11 is 0. The van der Waals surface area contributed by atoms with Gasteiger partial charge in [0.15, 0.2) is 0 Å². The van der Waals surface area contributed by atoms with Gasteiger partial charge in [-0.25, -0.2) is 0 Å². The number of nitrogens with zero attached hydrogens (tertiary/aromatic N) is 2. The Morgan fingerprint density at radius 3 is 2.76 bits per heavy atom. The van der Waals surface area contributed by atoms with Crippen molar-refractivity contribution in [2.45, 2.75) is 12.8 Å². The Kier molecular flexibility index (Phi) is 4.87. The first kappa shape index (κ1) is 15.0. The van der Waals surface area contributed by atoms with Crippen molar-refractivity contribution < 1.29 is 14.3 Å². The van der Waals surface area contributed by atoms with E-state index < -0.39 is 0 Å². The van der Waals surface area contributed by atoms with Crippen LogP contribution in [0.4, 0.5) is 0 Å². The summed E-state index contributed by atoms with van der Waals surface area (Å²) < 4.78 is 4.58. The Morgan fingerprint density at radius 1 is 1.24 bits per heavy atom. The highest BCUT2D eigenvalue weighted by Gasteiger charge is 2.16. The van der Waals surface area contributed by atoms with E-state index in [1.807, 2.05) is 30.3 Å². The minimum Gasteiger partial charge on any atom is -0.469 e. The minimum atomic E-state index is -0.265. The molecule has 2 aromatic rings. The number of benzene rings is 1. The molecule has 5 heteroatoms. The summed E-state index contributed by atoms with van der Waals surface area (Å²) in [5.74, 6) is -0.407. The van der Waals surface area contributed by atoms with Crippen molar-refractivity contribution in [2.75, 3.05) is 20.7 Å². The molecular weight excluding hydrogens is 268 g/mol. The fourth-order valence-corrected chi connectivity index (χ4v) is 2.14. The Balaban J connectivity index is 2.09. The van der Waals surface area contributed by atoms with Crippen LogP contribution in [0.3, 0.4) is 0 Å². The normalized spacial score (nSPS) is 10.4. The third-order valence-corrected chi connectivity index (χ3v) is 3.33. The van der Waals surface area contributed by atoms with Crippen LogP contribution >= 0.6 is 0 Å². The zero-order valence-corrected chi connectivity index (χ0v) is 12.2. The quantitative estimate of drug-likeness (QED) is 0.791. The second-order valence-corrected chi connectivity index (χ2v) is 4.79. The van der Waals surface area contributed by atoms with E-state index in [9.17, 15) is 9.59 Å². The third kappa shape index (κ3) is 3.56. The van der Waals surface area contributed by atoms with Crippen molar-refractivity contribution in [3.63, 3.8) is 0 Å². The monoisotopic (exact) mass is 286 g/mol. The van der Waals surface area contributed by atoms with Gasteiger partial charge in [-0.2, -0.15) is 0 Å². The van der Waals surface area contributed by atoms with Gasteiger partial charge in [0.2, 0.25) is 0 Å². The molecule has 0 spiro atoms. The van der Waals surface area contributed by atoms with Crippen LogP contribution in [-0.2, 0) is 9.53 Å². The topological polar surface area (TPSA) is 59.5 Å². The summed E-state index contributed by atoms with van der Waals surface area (Å²) in [5.41, 5.74) is 0.439. The zero-order valence-electron chi connectivity index (χ0n) is 12.2. The molecule has 0 aliphatic heterocycles. The lowest BCUT2D eigenvalue weighted by atomic mass is 10.1. The first-order valence-corrected chi connectivity index (χ1v) is 6.79. The summed E-state index contributed by atoms with van der Waals surface area (Å²) in [6.07, 6.45) is 2.51. The molecule has 0 unspecified atom stereocenters. The Bertz CT molecular complexity index is 650. The van der Waals surface area contributed by atoms with E-state index in [0.29, 0.717) is 25.1 Å². The number of amides is 1. The standard InChI is InChI=1S/C16H18N2O3/c1-18(11-5-8-14(19)21-2)16(20)15-13-7-4-3-6-12(13)9-10-17-15/h3-4,6-7,9-10H,5,8,11H2,1-2H3. The van der Waals surface area contributed by atoms with Crippen LogP contribution in [0.1, 0.15) is 23.3 Å². The largest absolute Gasteiger partial charge is 0.469 e. The first-order valence-electron chi connectivity index (χ1n) is 6.79. The molecule has 1 aromatic heterocycles. The summed E-state index contributed by atoms with van der Waals surface area (Å²) in [4.78, 5) is 29.3. The number of carbonyl (C=O) groups excluding carboxylic acids is 2. The lowest BCUT2D eigenvalue weighted by Gasteiger charge is -2.17. The van der Waals surface area contributed by atoms with Crippen LogP contribution in [-0.4, -0.2) is 42.5 Å². The second kappa shape index (κ2) is 6.83. The molecule has 5 nitrogen and oxygen atoms in total. The average Bonchev–Trinajstić information content (AvgIpc) is 2.53. The van der Waals surface area contributed by atoms with Gasteiger partial charge >= 0.3 is 5.97 Å². The molecule has 1 amide bonds. The Morgan fingerprint density at radius 2 is 2.00 bits per heavy atom. The summed E-state index contributed by atoms with van der Waals surface area (Å²) in [6, 6.07) is 9.53. The molecule has 0 atom stereocenters. The number of hydrogen-bond acceptors (Lipinski definition) is 4. The van der Waals surface area contributed by atoms with E-state index in [1.54, 1.807) is 18.1 Å². The molecule has 0 aliphatic rings. The molecule has 1 heterocycles. The van der Waals surface area contributed by atoms with Crippen molar-refractivity contribution in [1.29, 1.82) is 0 Å². The Labute approximate surface area is 123 Å². The highest BCUT2D eigenvalue weighted by atomic mass is 16.5. The molecule has 0 N–H and O–H groups in total. The Hall–Kier alpha value is -2.43. The number of methoxy groups -OCH3 is 1. The van der Waals surface area contributed by atoms with Gasteiger partial charge in [-0.3, -0.25) is 14.6 Å². The lowest BCUT2D eigenvalue weighted by Crippen LogP contribution is -2.29. The van der Waals surface area contributed by atoms with Gasteiger partial charge in [-0.05, 0) is 17.9 Å². The predicted molar refractivity (Wildman–Crippen MR) is 80.0 cm³/mol. The molecule has 0 radical (unpaired) electrons. The van der Waals surface area contributed by atoms with Crippen molar-refractivity contribution in [1.82, 2.24) is 9.88 Å². The smallest absolute Gasteiger partial charge is 0.305 e. The minimum absolute atomic E-state index is 0.142. The fraction of sp³-hybridized carbons (Fsp3) is 0.312. The number of fused-ring (bicyclic) bond motifs is 1. The van der Waals surface area contributed by atoms with Crippen LogP contribution in [0.2, 0.25) is 0 Å². The van der Waals surface area contributed by atoms with Gasteiger partial charge in [-0.15, -0.1) is 0 Å². The maximum atomic E-state index is 12.5. The highest BCUT2D eigenvalue weighted by molar-refractivity contribution is 6.05. The first-order chi connectivity index (χ1) is 10.1. The van der Waals surface area contributed by atoms with Crippen LogP contribution in [0.25, 0.3) is 10.8 Å². The van der Waals surface area contributed by atoms with Crippen molar-refractivity contribution in [3.05, 3.63) is 42.2 Å². The maximum Gasteiger partial charge on any atom is 0.305 e. The van der Waals surface area contributed by atoms with Gasteiger partial charge in [0.1, 0.15) is 5.69 Å². The predicted octanol–water partition coefficient (Wildman–Crippen LogP) is 2.26. The molecule has 0 saturated heterocycles. The summed E-state index contributed by atoms with van der Waals surface area (Å²) in [5, 5.41) is 1.82. The van der Waals surface area contributed by atoms with Gasteiger partial charge in [0, 0.05) is 31.6 Å². The molecule has 0 saturated carbocycles. The number of rotatable bonds is 5. The number of ether oxygens (including phenoxy) is 1. The van der Waals surface area contributed by atoms with Crippen molar-refractivity contribution in [3.8, 4) is 0 Å². The molecular formula is C16H18N2O3. The van der Waals surface area contributed by atoms with Crippen molar-refractivity contribution in [2.24, 2.45) is 0 Å². The van der Waals surface area contributed by atoms with Crippen LogP contribution in [0.5, 0.6) is 0 Å². The summed E-state index contributed by atoms with van der Waals surface area (Å²) in [6.45, 7) is 0.485. The highest BCUT2D eigenvalue weighted by Crippen LogP contribution is 2.17. The van der Waals surface area contributed by atoms with Crippen LogP contribution in [0.15, 0.2) is 36.5 Å². The van der Waals surface area contributed by atoms with Gasteiger partial charge in [0.25, 0.3) is 5.91 Å². The number of pyridine rings is 1. The maximum absolute atomic E-state index is 12.5. The average molecular weight is 286 g/mol. The number of hydrogen-bond donors (Lipinski definition) is 0. The van der Waals surface area contributed by atoms with E-state index in [-0.39, 0.29) is 11.9 Å². The van der Waals surface area contributed by atoms with Crippen LogP contribution in [0, 0.1) is 0 Å². The van der Waals surface area contributed by atoms with Crippen molar-refractivity contribution >= 4 is 22.6 Å². The molecule has 1 aromatic carbocycles. The van der Waals surface area contributed by atoms with Crippen LogP contribution < -0.4 is 0 Å². The molecule has 110 valence electrons. The fourth-order valence-electron chi connectivity index (χ4n) is 2.14. The molecule has 0 bridgehead atoms. The lowest BCUT2D eigenvalue weighted by molar-refractivity contribution is -0.140. The summed E-state index contributed by atoms with van der Waals surface area (Å²) in [7, 11) is 3.07. The number of carbonyl (C=O) groups is 2. The molecule has 0 fully saturated rings. The van der Waals surface area contributed by atoms with Gasteiger partial charge in [-0.1, -0.05) is 24.3 Å². The van der Waals surface area contributed by atoms with Gasteiger partial charge in [0.05, 0.1) is 7.11 Å². The number of esters is 1. The van der Waals surface area contributed by atoms with Gasteiger partial charge < -0.3 is 9.64 Å². The SMILES string of the molecule is COC(=O)CCCN(C)C(=O)c1nccc2ccccc12. The molecule has 21 heavy (non-hydrogen) atoms. The molecule has 0 aliphatic carbocycles. The van der Waals surface area contributed by atoms with E-state index in [0.717, 1.165) is 10.8 Å².